The van der Waals surface area contributed by atoms with Gasteiger partial charge in [0.2, 0.25) is 0 Å². The Morgan fingerprint density at radius 1 is 1.00 bits per heavy atom. The Morgan fingerprint density at radius 2 is 1.61 bits per heavy atom. The third-order valence-electron chi connectivity index (χ3n) is 4.58. The van der Waals surface area contributed by atoms with Crippen LogP contribution in [0.2, 0.25) is 0 Å². The summed E-state index contributed by atoms with van der Waals surface area (Å²) < 4.78 is 38.4. The molecule has 0 saturated heterocycles. The maximum Gasteiger partial charge on any atom is 0.268 e. The second kappa shape index (κ2) is 8.06. The largest absolute Gasteiger partial charge is 0.497 e. The zero-order valence-electron chi connectivity index (χ0n) is 16.5. The Kier molecular flexibility index (Phi) is 5.92. The van der Waals surface area contributed by atoms with E-state index in [0.717, 1.165) is 10.3 Å². The van der Waals surface area contributed by atoms with Gasteiger partial charge in [-0.25, -0.2) is 12.4 Å². The van der Waals surface area contributed by atoms with Crippen LogP contribution in [0, 0.1) is 0 Å². The van der Waals surface area contributed by atoms with Crippen molar-refractivity contribution in [3.63, 3.8) is 0 Å². The number of thioether (sulfide) groups is 1. The van der Waals surface area contributed by atoms with Crippen LogP contribution in [0.1, 0.15) is 6.92 Å². The van der Waals surface area contributed by atoms with E-state index in [1.54, 1.807) is 68.6 Å². The Balaban J connectivity index is 2.16. The molecular weight excluding hydrogens is 396 g/mol. The van der Waals surface area contributed by atoms with Crippen molar-refractivity contribution in [1.82, 2.24) is 8.87 Å². The summed E-state index contributed by atoms with van der Waals surface area (Å²) in [4.78, 5) is 3.16. The minimum atomic E-state index is -3.75. The van der Waals surface area contributed by atoms with Gasteiger partial charge in [-0.15, -0.1) is 11.8 Å². The van der Waals surface area contributed by atoms with Crippen LogP contribution in [0.4, 0.5) is 0 Å². The van der Waals surface area contributed by atoms with Crippen LogP contribution in [0.25, 0.3) is 10.9 Å². The van der Waals surface area contributed by atoms with Crippen molar-refractivity contribution in [2.75, 3.05) is 28.3 Å². The predicted molar refractivity (Wildman–Crippen MR) is 113 cm³/mol. The van der Waals surface area contributed by atoms with E-state index in [1.807, 2.05) is 20.2 Å². The normalized spacial score (nSPS) is 13.1. The Bertz CT molecular complexity index is 1070. The average molecular weight is 421 g/mol. The molecule has 0 saturated carbocycles. The van der Waals surface area contributed by atoms with Gasteiger partial charge < -0.3 is 9.47 Å². The molecule has 1 atom stereocenters. The summed E-state index contributed by atoms with van der Waals surface area (Å²) in [6, 6.07) is 11.8. The fourth-order valence-electron chi connectivity index (χ4n) is 2.72. The number of aromatic nitrogens is 1. The lowest BCUT2D eigenvalue weighted by Gasteiger charge is -2.18. The van der Waals surface area contributed by atoms with Crippen molar-refractivity contribution in [3.05, 3.63) is 48.7 Å². The van der Waals surface area contributed by atoms with Gasteiger partial charge in [0, 0.05) is 16.5 Å². The SMILES string of the molecule is COc1ccc(S(=O)(=O)n2cc(SC(C)N(C)C)c3cc(OC)ccc32)cc1. The van der Waals surface area contributed by atoms with E-state index in [4.69, 9.17) is 9.47 Å². The lowest BCUT2D eigenvalue weighted by atomic mass is 10.2. The van der Waals surface area contributed by atoms with Crippen LogP contribution in [-0.2, 0) is 10.0 Å². The van der Waals surface area contributed by atoms with Gasteiger partial charge >= 0.3 is 0 Å². The lowest BCUT2D eigenvalue weighted by Crippen LogP contribution is -2.20. The van der Waals surface area contributed by atoms with Crippen molar-refractivity contribution in [3.8, 4) is 11.5 Å². The number of nitrogens with zero attached hydrogens (tertiary/aromatic N) is 2. The molecule has 2 aromatic carbocycles. The van der Waals surface area contributed by atoms with Gasteiger partial charge in [0.1, 0.15) is 11.5 Å². The van der Waals surface area contributed by atoms with Crippen molar-refractivity contribution in [2.24, 2.45) is 0 Å². The summed E-state index contributed by atoms with van der Waals surface area (Å²) in [5.74, 6) is 1.29. The summed E-state index contributed by atoms with van der Waals surface area (Å²) >= 11 is 1.60. The van der Waals surface area contributed by atoms with Gasteiger partial charge in [-0.3, -0.25) is 4.90 Å². The van der Waals surface area contributed by atoms with Crippen LogP contribution in [0.15, 0.2) is 58.5 Å². The third kappa shape index (κ3) is 3.85. The minimum absolute atomic E-state index is 0.175. The summed E-state index contributed by atoms with van der Waals surface area (Å²) in [5, 5.41) is 1.02. The van der Waals surface area contributed by atoms with Crippen molar-refractivity contribution in [2.45, 2.75) is 22.1 Å². The van der Waals surface area contributed by atoms with Crippen molar-refractivity contribution < 1.29 is 17.9 Å². The number of rotatable bonds is 7. The van der Waals surface area contributed by atoms with Crippen LogP contribution in [0.5, 0.6) is 11.5 Å². The van der Waals surface area contributed by atoms with E-state index < -0.39 is 10.0 Å². The molecule has 0 aliphatic heterocycles. The monoisotopic (exact) mass is 420 g/mol. The summed E-state index contributed by atoms with van der Waals surface area (Å²) in [6.07, 6.45) is 1.69. The van der Waals surface area contributed by atoms with E-state index in [9.17, 15) is 8.42 Å². The Morgan fingerprint density at radius 3 is 2.18 bits per heavy atom. The molecule has 0 aliphatic carbocycles. The van der Waals surface area contributed by atoms with Gasteiger partial charge in [0.25, 0.3) is 10.0 Å². The first-order valence-corrected chi connectivity index (χ1v) is 11.0. The van der Waals surface area contributed by atoms with Crippen LogP contribution in [0.3, 0.4) is 0 Å². The number of methoxy groups -OCH3 is 2. The zero-order chi connectivity index (χ0) is 20.5. The maximum atomic E-state index is 13.3. The second-order valence-corrected chi connectivity index (χ2v) is 9.71. The van der Waals surface area contributed by atoms with Crippen molar-refractivity contribution in [1.29, 1.82) is 0 Å². The highest BCUT2D eigenvalue weighted by Gasteiger charge is 2.23. The minimum Gasteiger partial charge on any atom is -0.497 e. The topological polar surface area (TPSA) is 60.8 Å². The standard InChI is InChI=1S/C20H24N2O4S2/c1-14(21(2)3)27-20-13-22(19-11-8-16(26-5)12-18(19)20)28(23,24)17-9-6-15(25-4)7-10-17/h6-14H,1-5H3. The number of benzene rings is 2. The maximum absolute atomic E-state index is 13.3. The first-order chi connectivity index (χ1) is 13.3. The van der Waals surface area contributed by atoms with Crippen LogP contribution in [-0.4, -0.2) is 51.0 Å². The highest BCUT2D eigenvalue weighted by Crippen LogP contribution is 2.37. The lowest BCUT2D eigenvalue weighted by molar-refractivity contribution is 0.402. The first-order valence-electron chi connectivity index (χ1n) is 8.69. The molecule has 0 bridgehead atoms. The second-order valence-electron chi connectivity index (χ2n) is 6.53. The van der Waals surface area contributed by atoms with E-state index in [-0.39, 0.29) is 10.3 Å². The first kappa shape index (κ1) is 20.6. The van der Waals surface area contributed by atoms with Gasteiger partial charge in [-0.05, 0) is 63.5 Å². The molecule has 6 nitrogen and oxygen atoms in total. The number of ether oxygens (including phenoxy) is 2. The molecule has 3 aromatic rings. The summed E-state index contributed by atoms with van der Waals surface area (Å²) in [6.45, 7) is 2.08. The van der Waals surface area contributed by atoms with E-state index in [2.05, 4.69) is 11.8 Å². The smallest absolute Gasteiger partial charge is 0.268 e. The number of hydrogen-bond acceptors (Lipinski definition) is 6. The van der Waals surface area contributed by atoms with E-state index >= 15 is 0 Å². The highest BCUT2D eigenvalue weighted by atomic mass is 32.2. The molecule has 0 N–H and O–H groups in total. The van der Waals surface area contributed by atoms with Crippen molar-refractivity contribution >= 4 is 32.7 Å². The fourth-order valence-corrected chi connectivity index (χ4v) is 5.19. The molecule has 3 rings (SSSR count). The molecule has 0 fully saturated rings. The van der Waals surface area contributed by atoms with Gasteiger partial charge in [-0.1, -0.05) is 0 Å². The molecule has 28 heavy (non-hydrogen) atoms. The molecular formula is C20H24N2O4S2. The molecule has 0 aliphatic rings. The molecule has 0 amide bonds. The quantitative estimate of drug-likeness (QED) is 0.427. The molecule has 1 unspecified atom stereocenters. The molecule has 8 heteroatoms. The molecule has 0 radical (unpaired) electrons. The summed E-state index contributed by atoms with van der Waals surface area (Å²) in [5.41, 5.74) is 0.616. The molecule has 0 spiro atoms. The zero-order valence-corrected chi connectivity index (χ0v) is 18.2. The third-order valence-corrected chi connectivity index (χ3v) is 7.61. The molecule has 1 heterocycles. The van der Waals surface area contributed by atoms with E-state index in [0.29, 0.717) is 17.0 Å². The van der Waals surface area contributed by atoms with Gasteiger partial charge in [0.05, 0.1) is 30.0 Å². The highest BCUT2D eigenvalue weighted by molar-refractivity contribution is 8.00. The fraction of sp³-hybridized carbons (Fsp3) is 0.300. The summed E-state index contributed by atoms with van der Waals surface area (Å²) in [7, 11) is 3.38. The average Bonchev–Trinajstić information content (AvgIpc) is 3.06. The van der Waals surface area contributed by atoms with Gasteiger partial charge in [0.15, 0.2) is 0 Å². The Labute approximate surface area is 170 Å². The Hall–Kier alpha value is -2.16. The van der Waals surface area contributed by atoms with Crippen LogP contribution < -0.4 is 9.47 Å². The predicted octanol–water partition coefficient (Wildman–Crippen LogP) is 3.90. The number of fused-ring (bicyclic) bond motifs is 1. The van der Waals surface area contributed by atoms with Crippen LogP contribution >= 0.6 is 11.8 Å². The number of hydrogen-bond donors (Lipinski definition) is 0. The molecule has 1 aromatic heterocycles. The van der Waals surface area contributed by atoms with E-state index in [1.165, 1.54) is 3.97 Å². The molecule has 150 valence electrons. The van der Waals surface area contributed by atoms with Gasteiger partial charge in [-0.2, -0.15) is 0 Å².